The molecule has 0 fully saturated rings. The molecule has 1 heterocycles. The second-order valence-corrected chi connectivity index (χ2v) is 3.56. The van der Waals surface area contributed by atoms with E-state index in [4.69, 9.17) is 23.2 Å². The molecule has 1 amide bonds. The molecular formula is C8H11Cl2NO. The molecule has 68 valence electrons. The number of nitrogens with zero attached hydrogens (tertiary/aromatic N) is 1. The Bertz CT molecular complexity index is 203. The predicted octanol–water partition coefficient (Wildman–Crippen LogP) is 1.97. The van der Waals surface area contributed by atoms with E-state index >= 15 is 0 Å². The van der Waals surface area contributed by atoms with Crippen molar-refractivity contribution in [1.29, 1.82) is 0 Å². The molecule has 0 aromatic heterocycles. The molecule has 1 aliphatic rings. The van der Waals surface area contributed by atoms with Crippen molar-refractivity contribution in [2.45, 2.75) is 12.8 Å². The maximum Gasteiger partial charge on any atom is 0.224 e. The summed E-state index contributed by atoms with van der Waals surface area (Å²) >= 11 is 11.2. The van der Waals surface area contributed by atoms with Crippen molar-refractivity contribution in [1.82, 2.24) is 4.90 Å². The van der Waals surface area contributed by atoms with Crippen LogP contribution in [0.15, 0.2) is 11.1 Å². The molecule has 12 heavy (non-hydrogen) atoms. The molecule has 0 saturated carbocycles. The minimum Gasteiger partial charge on any atom is -0.337 e. The Hall–Kier alpha value is -0.210. The van der Waals surface area contributed by atoms with Crippen molar-refractivity contribution >= 4 is 29.1 Å². The van der Waals surface area contributed by atoms with E-state index in [0.29, 0.717) is 18.8 Å². The summed E-state index contributed by atoms with van der Waals surface area (Å²) < 4.78 is 0. The zero-order valence-corrected chi connectivity index (χ0v) is 8.24. The highest BCUT2D eigenvalue weighted by Gasteiger charge is 2.15. The Kier molecular flexibility index (Phi) is 3.89. The lowest BCUT2D eigenvalue weighted by Gasteiger charge is -2.24. The van der Waals surface area contributed by atoms with Crippen LogP contribution >= 0.6 is 23.2 Å². The highest BCUT2D eigenvalue weighted by atomic mass is 35.5. The van der Waals surface area contributed by atoms with E-state index in [0.717, 1.165) is 18.0 Å². The molecule has 0 atom stereocenters. The minimum absolute atomic E-state index is 0.0938. The van der Waals surface area contributed by atoms with Gasteiger partial charge in [-0.05, 0) is 6.42 Å². The molecule has 0 radical (unpaired) electrons. The van der Waals surface area contributed by atoms with Gasteiger partial charge in [-0.3, -0.25) is 4.79 Å². The summed E-state index contributed by atoms with van der Waals surface area (Å²) in [4.78, 5) is 13.0. The maximum absolute atomic E-state index is 11.3. The Morgan fingerprint density at radius 1 is 1.67 bits per heavy atom. The Balaban J connectivity index is 2.43. The molecule has 1 aliphatic heterocycles. The van der Waals surface area contributed by atoms with Gasteiger partial charge in [0.1, 0.15) is 0 Å². The number of amides is 1. The molecule has 0 aromatic rings. The van der Waals surface area contributed by atoms with Crippen molar-refractivity contribution in [2.75, 3.05) is 19.0 Å². The van der Waals surface area contributed by atoms with E-state index in [2.05, 4.69) is 0 Å². The first kappa shape index (κ1) is 9.87. The summed E-state index contributed by atoms with van der Waals surface area (Å²) in [7, 11) is 0. The van der Waals surface area contributed by atoms with E-state index in [1.165, 1.54) is 0 Å². The highest BCUT2D eigenvalue weighted by molar-refractivity contribution is 6.30. The van der Waals surface area contributed by atoms with E-state index in [-0.39, 0.29) is 5.91 Å². The normalized spacial score (nSPS) is 17.5. The third-order valence-electron chi connectivity index (χ3n) is 1.77. The van der Waals surface area contributed by atoms with Crippen molar-refractivity contribution in [3.05, 3.63) is 11.1 Å². The summed E-state index contributed by atoms with van der Waals surface area (Å²) in [5, 5.41) is 0.754. The number of alkyl halides is 1. The lowest BCUT2D eigenvalue weighted by Crippen LogP contribution is -2.35. The Labute approximate surface area is 82.1 Å². The number of rotatable bonds is 2. The van der Waals surface area contributed by atoms with Gasteiger partial charge in [0, 0.05) is 23.9 Å². The van der Waals surface area contributed by atoms with Gasteiger partial charge in [-0.15, -0.1) is 11.6 Å². The molecule has 0 spiro atoms. The fourth-order valence-electron chi connectivity index (χ4n) is 1.15. The van der Waals surface area contributed by atoms with Gasteiger partial charge in [-0.2, -0.15) is 0 Å². The average Bonchev–Trinajstić information content (AvgIpc) is 2.05. The van der Waals surface area contributed by atoms with Gasteiger partial charge in [0.05, 0.1) is 6.54 Å². The van der Waals surface area contributed by atoms with Crippen LogP contribution < -0.4 is 0 Å². The molecule has 0 unspecified atom stereocenters. The van der Waals surface area contributed by atoms with Crippen LogP contribution in [-0.2, 0) is 4.79 Å². The fourth-order valence-corrected chi connectivity index (χ4v) is 1.57. The largest absolute Gasteiger partial charge is 0.337 e. The highest BCUT2D eigenvalue weighted by Crippen LogP contribution is 2.13. The topological polar surface area (TPSA) is 20.3 Å². The lowest BCUT2D eigenvalue weighted by atomic mass is 10.2. The van der Waals surface area contributed by atoms with Crippen LogP contribution in [0.3, 0.4) is 0 Å². The van der Waals surface area contributed by atoms with Crippen LogP contribution in [0.5, 0.6) is 0 Å². The number of carbonyl (C=O) groups is 1. The van der Waals surface area contributed by atoms with Gasteiger partial charge in [0.2, 0.25) is 5.91 Å². The van der Waals surface area contributed by atoms with Crippen LogP contribution in [0.1, 0.15) is 12.8 Å². The van der Waals surface area contributed by atoms with Gasteiger partial charge in [-0.1, -0.05) is 17.7 Å². The number of hydrogen-bond acceptors (Lipinski definition) is 1. The smallest absolute Gasteiger partial charge is 0.224 e. The molecular weight excluding hydrogens is 197 g/mol. The second kappa shape index (κ2) is 4.73. The van der Waals surface area contributed by atoms with E-state index in [1.54, 1.807) is 4.90 Å². The van der Waals surface area contributed by atoms with Crippen molar-refractivity contribution in [3.63, 3.8) is 0 Å². The molecule has 1 rings (SSSR count). The molecule has 0 N–H and O–H groups in total. The summed E-state index contributed by atoms with van der Waals surface area (Å²) in [5.41, 5.74) is 0. The van der Waals surface area contributed by atoms with Crippen molar-refractivity contribution < 1.29 is 4.79 Å². The number of halogens is 2. The first-order valence-electron chi connectivity index (χ1n) is 3.92. The quantitative estimate of drug-likeness (QED) is 0.635. The Morgan fingerprint density at radius 3 is 3.00 bits per heavy atom. The fraction of sp³-hybridized carbons (Fsp3) is 0.625. The van der Waals surface area contributed by atoms with Crippen LogP contribution in [0.25, 0.3) is 0 Å². The average molecular weight is 208 g/mol. The van der Waals surface area contributed by atoms with Crippen LogP contribution in [0.4, 0.5) is 0 Å². The monoisotopic (exact) mass is 207 g/mol. The molecule has 0 saturated heterocycles. The first-order valence-corrected chi connectivity index (χ1v) is 4.83. The Morgan fingerprint density at radius 2 is 2.42 bits per heavy atom. The van der Waals surface area contributed by atoms with E-state index in [9.17, 15) is 4.79 Å². The van der Waals surface area contributed by atoms with Gasteiger partial charge in [0.15, 0.2) is 0 Å². The molecule has 0 bridgehead atoms. The molecule has 4 heteroatoms. The molecule has 2 nitrogen and oxygen atoms in total. The summed E-state index contributed by atoms with van der Waals surface area (Å²) in [6.07, 6.45) is 3.21. The lowest BCUT2D eigenvalue weighted by molar-refractivity contribution is -0.130. The third-order valence-corrected chi connectivity index (χ3v) is 2.23. The van der Waals surface area contributed by atoms with Crippen LogP contribution in [0, 0.1) is 0 Å². The maximum atomic E-state index is 11.3. The van der Waals surface area contributed by atoms with Gasteiger partial charge in [0.25, 0.3) is 0 Å². The predicted molar refractivity (Wildman–Crippen MR) is 50.5 cm³/mol. The number of carbonyl (C=O) groups excluding carboxylic acids is 1. The summed E-state index contributed by atoms with van der Waals surface area (Å²) in [6, 6.07) is 0. The molecule has 0 aromatic carbocycles. The zero-order chi connectivity index (χ0) is 8.97. The van der Waals surface area contributed by atoms with Gasteiger partial charge < -0.3 is 4.90 Å². The van der Waals surface area contributed by atoms with E-state index < -0.39 is 0 Å². The van der Waals surface area contributed by atoms with Crippen LogP contribution in [-0.4, -0.2) is 29.8 Å². The number of hydrogen-bond donors (Lipinski definition) is 0. The standard InChI is InChI=1S/C8H11Cl2NO/c9-4-3-8(12)11-5-1-2-7(10)6-11/h2H,1,3-6H2. The zero-order valence-electron chi connectivity index (χ0n) is 6.72. The first-order chi connectivity index (χ1) is 5.74. The van der Waals surface area contributed by atoms with Gasteiger partial charge in [-0.25, -0.2) is 0 Å². The van der Waals surface area contributed by atoms with Gasteiger partial charge >= 0.3 is 0 Å². The minimum atomic E-state index is 0.0938. The van der Waals surface area contributed by atoms with E-state index in [1.807, 2.05) is 6.08 Å². The SMILES string of the molecule is O=C(CCCl)N1CCC=C(Cl)C1. The van der Waals surface area contributed by atoms with Crippen LogP contribution in [0.2, 0.25) is 0 Å². The third kappa shape index (κ3) is 2.68. The van der Waals surface area contributed by atoms with Crippen molar-refractivity contribution in [2.24, 2.45) is 0 Å². The summed E-state index contributed by atoms with van der Waals surface area (Å²) in [6.45, 7) is 1.32. The van der Waals surface area contributed by atoms with Crippen molar-refractivity contribution in [3.8, 4) is 0 Å². The molecule has 0 aliphatic carbocycles. The summed E-state index contributed by atoms with van der Waals surface area (Å²) in [5.74, 6) is 0.479. The second-order valence-electron chi connectivity index (χ2n) is 2.69.